The van der Waals surface area contributed by atoms with Gasteiger partial charge in [-0.1, -0.05) is 18.2 Å². The third kappa shape index (κ3) is 3.33. The Bertz CT molecular complexity index is 404. The van der Waals surface area contributed by atoms with Gasteiger partial charge in [0.2, 0.25) is 0 Å². The Morgan fingerprint density at radius 1 is 1.22 bits per heavy atom. The SMILES string of the molecule is CNC(CC(C)(C)N)c1ccc2c(c1)CCCC2. The predicted octanol–water partition coefficient (Wildman–Crippen LogP) is 2.95. The van der Waals surface area contributed by atoms with Crippen LogP contribution >= 0.6 is 0 Å². The number of nitrogens with one attached hydrogen (secondary N) is 1. The summed E-state index contributed by atoms with van der Waals surface area (Å²) in [5, 5.41) is 3.40. The predicted molar refractivity (Wildman–Crippen MR) is 77.8 cm³/mol. The van der Waals surface area contributed by atoms with Crippen molar-refractivity contribution < 1.29 is 0 Å². The van der Waals surface area contributed by atoms with Gasteiger partial charge in [0.25, 0.3) is 0 Å². The van der Waals surface area contributed by atoms with E-state index in [4.69, 9.17) is 5.73 Å². The van der Waals surface area contributed by atoms with Gasteiger partial charge in [0.05, 0.1) is 0 Å². The molecule has 18 heavy (non-hydrogen) atoms. The van der Waals surface area contributed by atoms with Crippen molar-refractivity contribution in [1.82, 2.24) is 5.32 Å². The van der Waals surface area contributed by atoms with Crippen molar-refractivity contribution >= 4 is 0 Å². The van der Waals surface area contributed by atoms with Crippen molar-refractivity contribution in [3.05, 3.63) is 34.9 Å². The van der Waals surface area contributed by atoms with Gasteiger partial charge >= 0.3 is 0 Å². The molecule has 2 nitrogen and oxygen atoms in total. The standard InChI is InChI=1S/C16H26N2/c1-16(2,17)11-15(18-3)14-9-8-12-6-4-5-7-13(12)10-14/h8-10,15,18H,4-7,11,17H2,1-3H3. The summed E-state index contributed by atoms with van der Waals surface area (Å²) >= 11 is 0. The second-order valence-electron chi connectivity index (χ2n) is 6.27. The molecule has 1 aliphatic carbocycles. The van der Waals surface area contributed by atoms with E-state index in [0.29, 0.717) is 6.04 Å². The van der Waals surface area contributed by atoms with Gasteiger partial charge in [-0.05, 0) is 69.7 Å². The van der Waals surface area contributed by atoms with Crippen molar-refractivity contribution in [1.29, 1.82) is 0 Å². The molecule has 0 aromatic heterocycles. The quantitative estimate of drug-likeness (QED) is 0.857. The molecule has 0 spiro atoms. The van der Waals surface area contributed by atoms with Crippen LogP contribution in [0.1, 0.15) is 55.8 Å². The van der Waals surface area contributed by atoms with Gasteiger partial charge in [0.1, 0.15) is 0 Å². The lowest BCUT2D eigenvalue weighted by molar-refractivity contribution is 0.395. The van der Waals surface area contributed by atoms with E-state index >= 15 is 0 Å². The van der Waals surface area contributed by atoms with Crippen molar-refractivity contribution in [2.45, 2.75) is 57.5 Å². The molecule has 0 bridgehead atoms. The molecule has 0 aliphatic heterocycles. The van der Waals surface area contributed by atoms with Crippen LogP contribution < -0.4 is 11.1 Å². The zero-order valence-corrected chi connectivity index (χ0v) is 11.9. The highest BCUT2D eigenvalue weighted by molar-refractivity contribution is 5.35. The number of fused-ring (bicyclic) bond motifs is 1. The molecule has 2 heteroatoms. The van der Waals surface area contributed by atoms with Crippen LogP contribution in [0.15, 0.2) is 18.2 Å². The lowest BCUT2D eigenvalue weighted by Gasteiger charge is -2.27. The second-order valence-corrected chi connectivity index (χ2v) is 6.27. The summed E-state index contributed by atoms with van der Waals surface area (Å²) in [6.45, 7) is 4.19. The van der Waals surface area contributed by atoms with Gasteiger partial charge in [-0.3, -0.25) is 0 Å². The molecule has 0 saturated carbocycles. The minimum Gasteiger partial charge on any atom is -0.325 e. The number of hydrogen-bond acceptors (Lipinski definition) is 2. The molecule has 0 heterocycles. The molecule has 0 saturated heterocycles. The van der Waals surface area contributed by atoms with E-state index < -0.39 is 0 Å². The monoisotopic (exact) mass is 246 g/mol. The maximum Gasteiger partial charge on any atom is 0.0334 e. The molecule has 1 aromatic carbocycles. The van der Waals surface area contributed by atoms with Gasteiger partial charge < -0.3 is 11.1 Å². The Balaban J connectivity index is 2.21. The van der Waals surface area contributed by atoms with Crippen LogP contribution in [0.25, 0.3) is 0 Å². The molecule has 100 valence electrons. The van der Waals surface area contributed by atoms with Crippen LogP contribution in [-0.2, 0) is 12.8 Å². The van der Waals surface area contributed by atoms with Crippen molar-refractivity contribution in [3.63, 3.8) is 0 Å². The van der Waals surface area contributed by atoms with Crippen LogP contribution in [-0.4, -0.2) is 12.6 Å². The summed E-state index contributed by atoms with van der Waals surface area (Å²) in [5.74, 6) is 0. The van der Waals surface area contributed by atoms with Gasteiger partial charge in [-0.15, -0.1) is 0 Å². The van der Waals surface area contributed by atoms with Crippen LogP contribution in [0.5, 0.6) is 0 Å². The number of nitrogens with two attached hydrogens (primary N) is 1. The third-order valence-electron chi connectivity index (χ3n) is 3.85. The maximum atomic E-state index is 6.15. The molecular weight excluding hydrogens is 220 g/mol. The molecule has 3 N–H and O–H groups in total. The fraction of sp³-hybridized carbons (Fsp3) is 0.625. The van der Waals surface area contributed by atoms with Gasteiger partial charge in [0, 0.05) is 11.6 Å². The highest BCUT2D eigenvalue weighted by Crippen LogP contribution is 2.27. The molecule has 1 aromatic rings. The van der Waals surface area contributed by atoms with Crippen LogP contribution in [0.2, 0.25) is 0 Å². The van der Waals surface area contributed by atoms with Crippen molar-refractivity contribution in [2.24, 2.45) is 5.73 Å². The van der Waals surface area contributed by atoms with E-state index in [9.17, 15) is 0 Å². The second kappa shape index (κ2) is 5.41. The first-order valence-electron chi connectivity index (χ1n) is 7.07. The first kappa shape index (κ1) is 13.6. The normalized spacial score (nSPS) is 17.3. The minimum atomic E-state index is -0.135. The Morgan fingerprint density at radius 2 is 1.89 bits per heavy atom. The third-order valence-corrected chi connectivity index (χ3v) is 3.85. The smallest absolute Gasteiger partial charge is 0.0334 e. The van der Waals surface area contributed by atoms with Gasteiger partial charge in [-0.2, -0.15) is 0 Å². The zero-order chi connectivity index (χ0) is 13.2. The number of hydrogen-bond donors (Lipinski definition) is 2. The highest BCUT2D eigenvalue weighted by Gasteiger charge is 2.20. The molecule has 2 rings (SSSR count). The van der Waals surface area contributed by atoms with Crippen LogP contribution in [0.3, 0.4) is 0 Å². The van der Waals surface area contributed by atoms with E-state index in [0.717, 1.165) is 6.42 Å². The lowest BCUT2D eigenvalue weighted by Crippen LogP contribution is -2.36. The summed E-state index contributed by atoms with van der Waals surface area (Å²) in [7, 11) is 2.02. The molecule has 1 aliphatic rings. The molecule has 0 radical (unpaired) electrons. The molecule has 1 unspecified atom stereocenters. The lowest BCUT2D eigenvalue weighted by atomic mass is 9.86. The zero-order valence-electron chi connectivity index (χ0n) is 11.9. The summed E-state index contributed by atoms with van der Waals surface area (Å²) in [6.07, 6.45) is 6.14. The first-order valence-corrected chi connectivity index (χ1v) is 7.07. The average molecular weight is 246 g/mol. The fourth-order valence-corrected chi connectivity index (χ4v) is 2.88. The first-order chi connectivity index (χ1) is 8.49. The molecular formula is C16H26N2. The summed E-state index contributed by atoms with van der Waals surface area (Å²) in [6, 6.07) is 7.34. The van der Waals surface area contributed by atoms with Crippen molar-refractivity contribution in [3.8, 4) is 0 Å². The largest absolute Gasteiger partial charge is 0.325 e. The summed E-state index contributed by atoms with van der Waals surface area (Å²) in [5.41, 5.74) is 10.5. The average Bonchev–Trinajstić information content (AvgIpc) is 2.34. The van der Waals surface area contributed by atoms with Gasteiger partial charge in [-0.25, -0.2) is 0 Å². The maximum absolute atomic E-state index is 6.15. The summed E-state index contributed by atoms with van der Waals surface area (Å²) < 4.78 is 0. The Kier molecular flexibility index (Phi) is 4.08. The molecule has 1 atom stereocenters. The molecule has 0 amide bonds. The van der Waals surface area contributed by atoms with Gasteiger partial charge in [0.15, 0.2) is 0 Å². The van der Waals surface area contributed by atoms with Crippen LogP contribution in [0, 0.1) is 0 Å². The van der Waals surface area contributed by atoms with E-state index in [1.807, 2.05) is 7.05 Å². The highest BCUT2D eigenvalue weighted by atomic mass is 14.9. The van der Waals surface area contributed by atoms with E-state index in [1.54, 1.807) is 11.1 Å². The van der Waals surface area contributed by atoms with Crippen LogP contribution in [0.4, 0.5) is 0 Å². The van der Waals surface area contributed by atoms with Crippen molar-refractivity contribution in [2.75, 3.05) is 7.05 Å². The topological polar surface area (TPSA) is 38.0 Å². The van der Waals surface area contributed by atoms with E-state index in [2.05, 4.69) is 37.4 Å². The van der Waals surface area contributed by atoms with E-state index in [1.165, 1.54) is 31.2 Å². The molecule has 0 fully saturated rings. The number of benzene rings is 1. The Morgan fingerprint density at radius 3 is 2.50 bits per heavy atom. The Hall–Kier alpha value is -0.860. The number of aryl methyl sites for hydroxylation is 2. The Labute approximate surface area is 111 Å². The number of rotatable bonds is 4. The fourth-order valence-electron chi connectivity index (χ4n) is 2.88. The van der Waals surface area contributed by atoms with E-state index in [-0.39, 0.29) is 5.54 Å². The summed E-state index contributed by atoms with van der Waals surface area (Å²) in [4.78, 5) is 0. The minimum absolute atomic E-state index is 0.135.